The third-order valence-corrected chi connectivity index (χ3v) is 16.7. The molecule has 0 spiro atoms. The van der Waals surface area contributed by atoms with Crippen molar-refractivity contribution in [1.29, 1.82) is 0 Å². The highest BCUT2D eigenvalue weighted by Gasteiger charge is 2.30. The van der Waals surface area contributed by atoms with Gasteiger partial charge in [-0.3, -0.25) is 37.3 Å². The van der Waals surface area contributed by atoms with E-state index in [4.69, 9.17) is 37.0 Å². The summed E-state index contributed by atoms with van der Waals surface area (Å²) in [5.74, 6) is 0.728. The summed E-state index contributed by atoms with van der Waals surface area (Å²) in [5.41, 5.74) is 0. The van der Waals surface area contributed by atoms with Crippen LogP contribution in [0.5, 0.6) is 0 Å². The van der Waals surface area contributed by atoms with Gasteiger partial charge in [0.15, 0.2) is 12.2 Å². The maximum Gasteiger partial charge on any atom is 0.472 e. The number of carbonyl (C=O) groups is 4. The molecular formula is C65H126O17P2. The molecule has 0 fully saturated rings. The van der Waals surface area contributed by atoms with Crippen molar-refractivity contribution >= 4 is 39.5 Å². The van der Waals surface area contributed by atoms with Crippen LogP contribution in [0, 0.1) is 23.7 Å². The summed E-state index contributed by atoms with van der Waals surface area (Å²) in [4.78, 5) is 72.2. The first-order chi connectivity index (χ1) is 40.1. The molecule has 0 aliphatic carbocycles. The third kappa shape index (κ3) is 59.0. The average Bonchev–Trinajstić information content (AvgIpc) is 3.56. The molecule has 3 unspecified atom stereocenters. The molecule has 5 atom stereocenters. The molecule has 0 rings (SSSR count). The minimum absolute atomic E-state index is 0.103. The van der Waals surface area contributed by atoms with Gasteiger partial charge >= 0.3 is 39.5 Å². The molecule has 19 heteroatoms. The predicted octanol–water partition coefficient (Wildman–Crippen LogP) is 17.8. The lowest BCUT2D eigenvalue weighted by molar-refractivity contribution is -0.161. The number of phosphoric ester groups is 2. The number of carbonyl (C=O) groups excluding carboxylic acids is 4. The predicted molar refractivity (Wildman–Crippen MR) is 335 cm³/mol. The molecule has 84 heavy (non-hydrogen) atoms. The Labute approximate surface area is 511 Å². The fraction of sp³-hybridized carbons (Fsp3) is 0.938. The lowest BCUT2D eigenvalue weighted by Crippen LogP contribution is -2.30. The SMILES string of the molecule is CC(C)CCCCCCCCCCCCCC(=O)O[C@H](COC(=O)CCCCCCCCC(C)C)COP(=O)(O)OCC(O)COP(=O)(O)OC[C@@H](COC(=O)CCCCCCCCCC(C)C)OC(=O)CCCCCCCCCCC(C)C. The number of ether oxygens (including phenoxy) is 4. The Hall–Kier alpha value is -1.94. The monoisotopic (exact) mass is 1240 g/mol. The summed E-state index contributed by atoms with van der Waals surface area (Å²) in [6, 6.07) is 0. The van der Waals surface area contributed by atoms with Crippen molar-refractivity contribution in [2.24, 2.45) is 23.7 Å². The quantitative estimate of drug-likeness (QED) is 0.0222. The standard InChI is InChI=1S/C65H126O17P2/c1-55(2)41-33-25-17-12-10-9-11-13-20-31-39-47-64(69)81-61(52-76-63(68)46-38-30-24-23-28-36-44-58(7)8)54-80-84(73,74)78-50-59(66)49-77-83(71,72)79-53-60(51-75-62(67)45-37-29-22-16-19-27-35-43-57(5)6)82-65(70)48-40-32-21-15-14-18-26-34-42-56(3)4/h55-61,66H,9-54H2,1-8H3,(H,71,72)(H,73,74)/t59?,60-,61-/m1/s1. The number of hydrogen-bond acceptors (Lipinski definition) is 15. The highest BCUT2D eigenvalue weighted by Crippen LogP contribution is 2.45. The normalized spacial score (nSPS) is 14.4. The van der Waals surface area contributed by atoms with Crippen molar-refractivity contribution in [1.82, 2.24) is 0 Å². The van der Waals surface area contributed by atoms with Gasteiger partial charge in [-0.1, -0.05) is 261 Å². The van der Waals surface area contributed by atoms with E-state index in [1.807, 2.05) is 0 Å². The Morgan fingerprint density at radius 1 is 0.298 bits per heavy atom. The van der Waals surface area contributed by atoms with Crippen LogP contribution in [-0.4, -0.2) is 96.7 Å². The highest BCUT2D eigenvalue weighted by molar-refractivity contribution is 7.47. The van der Waals surface area contributed by atoms with E-state index in [2.05, 4.69) is 55.4 Å². The topological polar surface area (TPSA) is 237 Å². The second-order valence-electron chi connectivity index (χ2n) is 25.4. The van der Waals surface area contributed by atoms with Crippen molar-refractivity contribution in [2.75, 3.05) is 39.6 Å². The fourth-order valence-electron chi connectivity index (χ4n) is 9.61. The van der Waals surface area contributed by atoms with Crippen LogP contribution < -0.4 is 0 Å². The first kappa shape index (κ1) is 82.1. The Morgan fingerprint density at radius 3 is 0.738 bits per heavy atom. The van der Waals surface area contributed by atoms with Crippen LogP contribution in [0.25, 0.3) is 0 Å². The lowest BCUT2D eigenvalue weighted by atomic mass is 10.0. The van der Waals surface area contributed by atoms with Gasteiger partial charge in [0.05, 0.1) is 26.4 Å². The van der Waals surface area contributed by atoms with E-state index in [-0.39, 0.29) is 25.7 Å². The summed E-state index contributed by atoms with van der Waals surface area (Å²) in [7, 11) is -9.89. The molecule has 0 bridgehead atoms. The van der Waals surface area contributed by atoms with Crippen molar-refractivity contribution in [3.63, 3.8) is 0 Å². The van der Waals surface area contributed by atoms with Crippen LogP contribution in [-0.2, 0) is 65.4 Å². The van der Waals surface area contributed by atoms with E-state index >= 15 is 0 Å². The number of aliphatic hydroxyl groups excluding tert-OH is 1. The van der Waals surface area contributed by atoms with Crippen LogP contribution in [0.3, 0.4) is 0 Å². The summed E-state index contributed by atoms with van der Waals surface area (Å²) >= 11 is 0. The summed E-state index contributed by atoms with van der Waals surface area (Å²) in [5, 5.41) is 10.5. The maximum absolute atomic E-state index is 13.0. The Balaban J connectivity index is 5.24. The van der Waals surface area contributed by atoms with Crippen LogP contribution in [0.2, 0.25) is 0 Å². The molecule has 0 radical (unpaired) electrons. The maximum atomic E-state index is 13.0. The second-order valence-corrected chi connectivity index (χ2v) is 28.3. The minimum atomic E-state index is -4.95. The van der Waals surface area contributed by atoms with Gasteiger partial charge in [0.1, 0.15) is 19.3 Å². The van der Waals surface area contributed by atoms with E-state index in [0.29, 0.717) is 37.5 Å². The van der Waals surface area contributed by atoms with E-state index in [9.17, 15) is 43.2 Å². The van der Waals surface area contributed by atoms with E-state index in [1.54, 1.807) is 0 Å². The zero-order chi connectivity index (χ0) is 62.5. The van der Waals surface area contributed by atoms with Gasteiger partial charge < -0.3 is 33.8 Å². The zero-order valence-electron chi connectivity index (χ0n) is 54.5. The van der Waals surface area contributed by atoms with Crippen molar-refractivity contribution in [2.45, 2.75) is 331 Å². The fourth-order valence-corrected chi connectivity index (χ4v) is 11.2. The molecule has 0 heterocycles. The number of esters is 4. The third-order valence-electron chi connectivity index (χ3n) is 14.8. The van der Waals surface area contributed by atoms with E-state index < -0.39 is 97.5 Å². The van der Waals surface area contributed by atoms with Gasteiger partial charge in [-0.05, 0) is 49.4 Å². The van der Waals surface area contributed by atoms with Crippen molar-refractivity contribution < 1.29 is 80.2 Å². The summed E-state index contributed by atoms with van der Waals surface area (Å²) in [6.07, 6.45) is 35.1. The van der Waals surface area contributed by atoms with Crippen molar-refractivity contribution in [3.05, 3.63) is 0 Å². The zero-order valence-corrected chi connectivity index (χ0v) is 56.3. The average molecular weight is 1240 g/mol. The number of phosphoric acid groups is 2. The Bertz CT molecular complexity index is 1680. The molecule has 0 saturated heterocycles. The Kier molecular flexibility index (Phi) is 53.9. The van der Waals surface area contributed by atoms with Crippen LogP contribution >= 0.6 is 15.6 Å². The van der Waals surface area contributed by atoms with Gasteiger partial charge in [-0.2, -0.15) is 0 Å². The number of unbranched alkanes of at least 4 members (excludes halogenated alkanes) is 28. The van der Waals surface area contributed by atoms with E-state index in [1.165, 1.54) is 103 Å². The molecule has 0 aliphatic heterocycles. The molecule has 0 amide bonds. The van der Waals surface area contributed by atoms with Crippen LogP contribution in [0.15, 0.2) is 0 Å². The molecule has 0 aromatic heterocycles. The molecule has 0 aliphatic rings. The molecule has 0 saturated carbocycles. The summed E-state index contributed by atoms with van der Waals surface area (Å²) in [6.45, 7) is 13.9. The largest absolute Gasteiger partial charge is 0.472 e. The van der Waals surface area contributed by atoms with E-state index in [0.717, 1.165) is 115 Å². The lowest BCUT2D eigenvalue weighted by Gasteiger charge is -2.21. The second kappa shape index (κ2) is 55.2. The Morgan fingerprint density at radius 2 is 0.500 bits per heavy atom. The molecule has 498 valence electrons. The number of hydrogen-bond donors (Lipinski definition) is 3. The van der Waals surface area contributed by atoms with Gasteiger partial charge in [0, 0.05) is 25.7 Å². The molecule has 3 N–H and O–H groups in total. The summed E-state index contributed by atoms with van der Waals surface area (Å²) < 4.78 is 68.0. The number of aliphatic hydroxyl groups is 1. The van der Waals surface area contributed by atoms with Gasteiger partial charge in [0.25, 0.3) is 0 Å². The van der Waals surface area contributed by atoms with Gasteiger partial charge in [-0.25, -0.2) is 9.13 Å². The molecule has 17 nitrogen and oxygen atoms in total. The smallest absolute Gasteiger partial charge is 0.462 e. The molecule has 0 aromatic carbocycles. The van der Waals surface area contributed by atoms with Gasteiger partial charge in [0.2, 0.25) is 0 Å². The van der Waals surface area contributed by atoms with Crippen LogP contribution in [0.1, 0.15) is 312 Å². The number of rotatable bonds is 62. The molecular weight excluding hydrogens is 1110 g/mol. The highest BCUT2D eigenvalue weighted by atomic mass is 31.2. The van der Waals surface area contributed by atoms with Crippen LogP contribution in [0.4, 0.5) is 0 Å². The van der Waals surface area contributed by atoms with Crippen molar-refractivity contribution in [3.8, 4) is 0 Å². The minimum Gasteiger partial charge on any atom is -0.462 e. The van der Waals surface area contributed by atoms with Gasteiger partial charge in [-0.15, -0.1) is 0 Å². The molecule has 0 aromatic rings. The first-order valence-corrected chi connectivity index (χ1v) is 36.7. The first-order valence-electron chi connectivity index (χ1n) is 33.7.